The van der Waals surface area contributed by atoms with Crippen molar-refractivity contribution in [3.63, 3.8) is 0 Å². The van der Waals surface area contributed by atoms with E-state index in [0.29, 0.717) is 11.8 Å². The number of rotatable bonds is 4. The van der Waals surface area contributed by atoms with E-state index in [0.717, 1.165) is 0 Å². The van der Waals surface area contributed by atoms with Gasteiger partial charge in [-0.1, -0.05) is 71.8 Å². The molecule has 128 valence electrons. The minimum atomic E-state index is -0.0964. The minimum Gasteiger partial charge on any atom is -0.0655 e. The number of aryl methyl sites for hydroxylation is 2. The lowest BCUT2D eigenvalue weighted by Crippen LogP contribution is -2.06. The van der Waals surface area contributed by atoms with E-state index >= 15 is 0 Å². The highest BCUT2D eigenvalue weighted by Crippen LogP contribution is 2.43. The van der Waals surface area contributed by atoms with Gasteiger partial charge in [0.05, 0.1) is 0 Å². The van der Waals surface area contributed by atoms with Gasteiger partial charge in [0.15, 0.2) is 0 Å². The standard InChI is InChI=1S/C24H28Si/c1-15-7-5-9-19-21(15)11-17(3)23(19)13-25-14-24-18(4)12-22-16(2)8-6-10-20(22)24/h5-12,23-24H,13-14,25H2,1-4H3. The van der Waals surface area contributed by atoms with E-state index in [9.17, 15) is 0 Å². The van der Waals surface area contributed by atoms with E-state index in [4.69, 9.17) is 0 Å². The van der Waals surface area contributed by atoms with Crippen LogP contribution in [0, 0.1) is 13.8 Å². The van der Waals surface area contributed by atoms with Crippen molar-refractivity contribution in [3.8, 4) is 0 Å². The van der Waals surface area contributed by atoms with E-state index in [1.54, 1.807) is 22.3 Å². The molecule has 1 heteroatoms. The van der Waals surface area contributed by atoms with Gasteiger partial charge < -0.3 is 0 Å². The molecule has 2 aliphatic rings. The quantitative estimate of drug-likeness (QED) is 0.596. The van der Waals surface area contributed by atoms with E-state index in [1.807, 2.05) is 0 Å². The molecule has 0 aliphatic heterocycles. The third-order valence-electron chi connectivity index (χ3n) is 6.30. The summed E-state index contributed by atoms with van der Waals surface area (Å²) >= 11 is 0. The third-order valence-corrected chi connectivity index (χ3v) is 8.27. The van der Waals surface area contributed by atoms with Crippen LogP contribution in [-0.4, -0.2) is 9.52 Å². The zero-order valence-corrected chi connectivity index (χ0v) is 17.3. The van der Waals surface area contributed by atoms with Crippen LogP contribution >= 0.6 is 0 Å². The van der Waals surface area contributed by atoms with Gasteiger partial charge in [0.25, 0.3) is 0 Å². The first-order valence-electron chi connectivity index (χ1n) is 9.61. The van der Waals surface area contributed by atoms with Gasteiger partial charge in [-0.2, -0.15) is 0 Å². The van der Waals surface area contributed by atoms with Crippen molar-refractivity contribution in [2.24, 2.45) is 0 Å². The van der Waals surface area contributed by atoms with Gasteiger partial charge >= 0.3 is 0 Å². The normalized spacial score (nSPS) is 21.4. The second-order valence-corrected chi connectivity index (χ2v) is 9.83. The monoisotopic (exact) mass is 344 g/mol. The summed E-state index contributed by atoms with van der Waals surface area (Å²) < 4.78 is 0. The summed E-state index contributed by atoms with van der Waals surface area (Å²) in [7, 11) is -0.0964. The maximum absolute atomic E-state index is 2.43. The topological polar surface area (TPSA) is 0 Å². The predicted molar refractivity (Wildman–Crippen MR) is 113 cm³/mol. The van der Waals surface area contributed by atoms with Crippen LogP contribution in [0.2, 0.25) is 12.1 Å². The summed E-state index contributed by atoms with van der Waals surface area (Å²) in [6.07, 6.45) is 4.87. The smallest absolute Gasteiger partial charge is 0.0218 e. The fourth-order valence-corrected chi connectivity index (χ4v) is 7.43. The lowest BCUT2D eigenvalue weighted by atomic mass is 9.96. The van der Waals surface area contributed by atoms with Gasteiger partial charge in [-0.3, -0.25) is 0 Å². The highest BCUT2D eigenvalue weighted by molar-refractivity contribution is 6.36. The van der Waals surface area contributed by atoms with E-state index in [1.165, 1.54) is 34.3 Å². The molecule has 0 fully saturated rings. The molecule has 0 heterocycles. The van der Waals surface area contributed by atoms with Gasteiger partial charge in [-0.05, 0) is 61.1 Å². The molecule has 0 aromatic heterocycles. The van der Waals surface area contributed by atoms with Crippen molar-refractivity contribution in [2.75, 3.05) is 0 Å². The van der Waals surface area contributed by atoms with Crippen molar-refractivity contribution in [2.45, 2.75) is 51.6 Å². The molecule has 2 atom stereocenters. The molecule has 2 aromatic carbocycles. The Kier molecular flexibility index (Phi) is 4.29. The maximum atomic E-state index is 2.43. The molecule has 0 radical (unpaired) electrons. The minimum absolute atomic E-state index is 0.0964. The molecule has 0 amide bonds. The number of benzene rings is 2. The van der Waals surface area contributed by atoms with Gasteiger partial charge in [0.2, 0.25) is 0 Å². The Morgan fingerprint density at radius 3 is 1.56 bits per heavy atom. The highest BCUT2D eigenvalue weighted by Gasteiger charge is 2.26. The summed E-state index contributed by atoms with van der Waals surface area (Å²) in [6, 6.07) is 16.5. The molecule has 2 unspecified atom stereocenters. The fourth-order valence-electron chi connectivity index (χ4n) is 4.85. The number of hydrogen-bond acceptors (Lipinski definition) is 0. The molecule has 2 aromatic rings. The lowest BCUT2D eigenvalue weighted by molar-refractivity contribution is 0.874. The summed E-state index contributed by atoms with van der Waals surface area (Å²) in [4.78, 5) is 0. The van der Waals surface area contributed by atoms with Gasteiger partial charge in [-0.15, -0.1) is 0 Å². The van der Waals surface area contributed by atoms with Gasteiger partial charge in [0, 0.05) is 21.4 Å². The average Bonchev–Trinajstić information content (AvgIpc) is 3.08. The Morgan fingerprint density at radius 2 is 1.12 bits per heavy atom. The van der Waals surface area contributed by atoms with Gasteiger partial charge in [-0.25, -0.2) is 0 Å². The van der Waals surface area contributed by atoms with Crippen LogP contribution in [0.5, 0.6) is 0 Å². The van der Waals surface area contributed by atoms with E-state index in [-0.39, 0.29) is 9.52 Å². The Hall–Kier alpha value is -1.86. The summed E-state index contributed by atoms with van der Waals surface area (Å²) in [5.41, 5.74) is 12.2. The van der Waals surface area contributed by atoms with Crippen LogP contribution in [0.4, 0.5) is 0 Å². The second kappa shape index (κ2) is 6.46. The lowest BCUT2D eigenvalue weighted by Gasteiger charge is -2.18. The first-order valence-corrected chi connectivity index (χ1v) is 11.6. The van der Waals surface area contributed by atoms with E-state index < -0.39 is 0 Å². The van der Waals surface area contributed by atoms with Crippen molar-refractivity contribution in [1.29, 1.82) is 0 Å². The Bertz CT molecular complexity index is 811. The molecule has 0 bridgehead atoms. The molecule has 4 rings (SSSR count). The largest absolute Gasteiger partial charge is 0.0655 e. The van der Waals surface area contributed by atoms with Crippen molar-refractivity contribution in [3.05, 3.63) is 80.9 Å². The molecule has 0 nitrogen and oxygen atoms in total. The molecule has 0 saturated carbocycles. The third kappa shape index (κ3) is 2.85. The average molecular weight is 345 g/mol. The molecule has 0 saturated heterocycles. The SMILES string of the molecule is CC1=Cc2c(C)cccc2C1C[SiH2]CC1C(C)=Cc2c(C)cccc21. The Balaban J connectivity index is 1.47. The Morgan fingerprint density at radius 1 is 0.680 bits per heavy atom. The molecular formula is C24H28Si. The van der Waals surface area contributed by atoms with Crippen LogP contribution in [0.25, 0.3) is 12.2 Å². The Labute approximate surface area is 154 Å². The maximum Gasteiger partial charge on any atom is 0.0218 e. The number of hydrogen-bond donors (Lipinski definition) is 0. The van der Waals surface area contributed by atoms with E-state index in [2.05, 4.69) is 76.2 Å². The molecule has 0 N–H and O–H groups in total. The summed E-state index contributed by atoms with van der Waals surface area (Å²) in [6.45, 7) is 9.15. The predicted octanol–water partition coefficient (Wildman–Crippen LogP) is 6.01. The second-order valence-electron chi connectivity index (χ2n) is 7.97. The fraction of sp³-hybridized carbons (Fsp3) is 0.333. The summed E-state index contributed by atoms with van der Waals surface area (Å²) in [5, 5.41) is 0. The highest BCUT2D eigenvalue weighted by atomic mass is 28.2. The van der Waals surface area contributed by atoms with Crippen molar-refractivity contribution in [1.82, 2.24) is 0 Å². The van der Waals surface area contributed by atoms with Crippen LogP contribution < -0.4 is 0 Å². The van der Waals surface area contributed by atoms with Crippen molar-refractivity contribution >= 4 is 21.7 Å². The van der Waals surface area contributed by atoms with Crippen LogP contribution in [0.1, 0.15) is 59.1 Å². The first kappa shape index (κ1) is 16.6. The van der Waals surface area contributed by atoms with Crippen LogP contribution in [0.3, 0.4) is 0 Å². The molecular weight excluding hydrogens is 316 g/mol. The first-order chi connectivity index (χ1) is 12.1. The zero-order valence-electron chi connectivity index (χ0n) is 15.9. The van der Waals surface area contributed by atoms with Crippen LogP contribution in [0.15, 0.2) is 47.5 Å². The summed E-state index contributed by atoms with van der Waals surface area (Å²) in [5.74, 6) is 1.37. The molecule has 2 aliphatic carbocycles. The van der Waals surface area contributed by atoms with Gasteiger partial charge in [0.1, 0.15) is 0 Å². The van der Waals surface area contributed by atoms with Crippen molar-refractivity contribution < 1.29 is 0 Å². The zero-order chi connectivity index (χ0) is 17.6. The number of allylic oxidation sites excluding steroid dienone is 2. The van der Waals surface area contributed by atoms with Crippen LogP contribution in [-0.2, 0) is 0 Å². The molecule has 0 spiro atoms. The molecule has 25 heavy (non-hydrogen) atoms. The number of fused-ring (bicyclic) bond motifs is 2.